The summed E-state index contributed by atoms with van der Waals surface area (Å²) in [6.45, 7) is 2.53. The lowest BCUT2D eigenvalue weighted by atomic mass is 10.2. The maximum atomic E-state index is 12.5. The number of carbonyl (C=O) groups is 1. The van der Waals surface area contributed by atoms with Gasteiger partial charge in [-0.1, -0.05) is 71.4 Å². The van der Waals surface area contributed by atoms with Crippen LogP contribution < -0.4 is 10.2 Å². The minimum atomic E-state index is -0.254. The molecular formula is C31H26ClN5O2S. The number of hydrazone groups is 1. The van der Waals surface area contributed by atoms with Crippen molar-refractivity contribution in [3.8, 4) is 22.8 Å². The highest BCUT2D eigenvalue weighted by molar-refractivity contribution is 7.99. The Hall–Kier alpha value is -4.40. The van der Waals surface area contributed by atoms with Gasteiger partial charge in [-0.25, -0.2) is 5.43 Å². The average Bonchev–Trinajstić information content (AvgIpc) is 3.41. The number of hydrogen-bond acceptors (Lipinski definition) is 6. The van der Waals surface area contributed by atoms with E-state index < -0.39 is 0 Å². The van der Waals surface area contributed by atoms with E-state index in [2.05, 4.69) is 20.7 Å². The molecule has 7 nitrogen and oxygen atoms in total. The molecule has 0 radical (unpaired) electrons. The number of nitrogens with zero attached hydrogens (tertiary/aromatic N) is 4. The summed E-state index contributed by atoms with van der Waals surface area (Å²) in [6.07, 6.45) is 1.59. The maximum absolute atomic E-state index is 12.5. The largest absolute Gasteiger partial charge is 0.489 e. The van der Waals surface area contributed by atoms with E-state index in [-0.39, 0.29) is 11.7 Å². The summed E-state index contributed by atoms with van der Waals surface area (Å²) in [5, 5.41) is 14.1. The van der Waals surface area contributed by atoms with E-state index in [9.17, 15) is 4.79 Å². The highest BCUT2D eigenvalue weighted by Gasteiger charge is 2.17. The van der Waals surface area contributed by atoms with E-state index in [4.69, 9.17) is 16.3 Å². The van der Waals surface area contributed by atoms with Crippen LogP contribution in [0.25, 0.3) is 17.1 Å². The Kier molecular flexibility index (Phi) is 8.90. The molecule has 0 saturated heterocycles. The van der Waals surface area contributed by atoms with Crippen molar-refractivity contribution in [1.82, 2.24) is 20.2 Å². The molecule has 0 spiro atoms. The average molecular weight is 568 g/mol. The number of aryl methyl sites for hydroxylation is 1. The number of aromatic nitrogens is 3. The number of hydrogen-bond donors (Lipinski definition) is 1. The molecule has 5 aromatic rings. The molecule has 0 bridgehead atoms. The summed E-state index contributed by atoms with van der Waals surface area (Å²) in [7, 11) is 0. The Balaban J connectivity index is 1.19. The first kappa shape index (κ1) is 27.2. The molecule has 5 rings (SSSR count). The van der Waals surface area contributed by atoms with Crippen molar-refractivity contribution in [2.75, 3.05) is 5.75 Å². The highest BCUT2D eigenvalue weighted by Crippen LogP contribution is 2.29. The van der Waals surface area contributed by atoms with Crippen LogP contribution in [0, 0.1) is 6.92 Å². The van der Waals surface area contributed by atoms with Gasteiger partial charge < -0.3 is 4.74 Å². The van der Waals surface area contributed by atoms with Gasteiger partial charge in [0.15, 0.2) is 11.0 Å². The second-order valence-corrected chi connectivity index (χ2v) is 10.3. The number of nitrogens with one attached hydrogen (secondary N) is 1. The van der Waals surface area contributed by atoms with Gasteiger partial charge in [0.05, 0.1) is 12.0 Å². The number of ether oxygens (including phenoxy) is 1. The van der Waals surface area contributed by atoms with Crippen LogP contribution in [0.2, 0.25) is 5.02 Å². The molecule has 0 aliphatic heterocycles. The van der Waals surface area contributed by atoms with Gasteiger partial charge in [0.1, 0.15) is 12.4 Å². The molecule has 40 heavy (non-hydrogen) atoms. The van der Waals surface area contributed by atoms with Gasteiger partial charge in [-0.2, -0.15) is 5.10 Å². The number of benzene rings is 4. The quantitative estimate of drug-likeness (QED) is 0.115. The van der Waals surface area contributed by atoms with E-state index in [0.29, 0.717) is 22.6 Å². The standard InChI is InChI=1S/C31H26ClN5O2S/c1-22-7-15-27(16-8-22)37-30(25-11-13-26(32)14-12-25)35-36-31(37)40-21-29(38)34-33-19-23-9-17-28(18-10-23)39-20-24-5-3-2-4-6-24/h2-19H,20-21H2,1H3,(H,34,38). The summed E-state index contributed by atoms with van der Waals surface area (Å²) in [5.41, 5.74) is 7.44. The van der Waals surface area contributed by atoms with Crippen LogP contribution in [0.5, 0.6) is 5.75 Å². The summed E-state index contributed by atoms with van der Waals surface area (Å²) < 4.78 is 7.75. The van der Waals surface area contributed by atoms with E-state index in [1.54, 1.807) is 6.21 Å². The van der Waals surface area contributed by atoms with Crippen molar-refractivity contribution in [2.45, 2.75) is 18.7 Å². The number of rotatable bonds is 10. The molecule has 1 heterocycles. The van der Waals surface area contributed by atoms with E-state index in [1.807, 2.05) is 115 Å². The Morgan fingerprint density at radius 1 is 0.950 bits per heavy atom. The van der Waals surface area contributed by atoms with Crippen LogP contribution in [-0.2, 0) is 11.4 Å². The van der Waals surface area contributed by atoms with Gasteiger partial charge in [0.2, 0.25) is 0 Å². The Morgan fingerprint density at radius 3 is 2.40 bits per heavy atom. The lowest BCUT2D eigenvalue weighted by molar-refractivity contribution is -0.118. The summed E-state index contributed by atoms with van der Waals surface area (Å²) in [4.78, 5) is 12.5. The molecule has 9 heteroatoms. The monoisotopic (exact) mass is 567 g/mol. The highest BCUT2D eigenvalue weighted by atomic mass is 35.5. The fourth-order valence-electron chi connectivity index (χ4n) is 3.81. The molecule has 0 saturated carbocycles. The van der Waals surface area contributed by atoms with Gasteiger partial charge in [-0.05, 0) is 78.7 Å². The topological polar surface area (TPSA) is 81.4 Å². The minimum Gasteiger partial charge on any atom is -0.489 e. The van der Waals surface area contributed by atoms with E-state index >= 15 is 0 Å². The van der Waals surface area contributed by atoms with Crippen LogP contribution >= 0.6 is 23.4 Å². The number of halogens is 1. The Labute approximate surface area is 241 Å². The van der Waals surface area contributed by atoms with Gasteiger partial charge in [-0.3, -0.25) is 9.36 Å². The summed E-state index contributed by atoms with van der Waals surface area (Å²) >= 11 is 7.36. The van der Waals surface area contributed by atoms with Gasteiger partial charge in [-0.15, -0.1) is 10.2 Å². The first-order chi connectivity index (χ1) is 19.5. The smallest absolute Gasteiger partial charge is 0.250 e. The molecule has 200 valence electrons. The molecule has 1 amide bonds. The van der Waals surface area contributed by atoms with Crippen molar-refractivity contribution >= 4 is 35.5 Å². The first-order valence-electron chi connectivity index (χ1n) is 12.5. The van der Waals surface area contributed by atoms with Crippen LogP contribution in [0.3, 0.4) is 0 Å². The van der Waals surface area contributed by atoms with Crippen molar-refractivity contribution in [1.29, 1.82) is 0 Å². The third-order valence-corrected chi connectivity index (χ3v) is 7.07. The van der Waals surface area contributed by atoms with Crippen molar-refractivity contribution < 1.29 is 9.53 Å². The zero-order valence-corrected chi connectivity index (χ0v) is 23.3. The molecule has 0 atom stereocenters. The van der Waals surface area contributed by atoms with E-state index in [1.165, 1.54) is 11.8 Å². The van der Waals surface area contributed by atoms with Gasteiger partial charge >= 0.3 is 0 Å². The summed E-state index contributed by atoms with van der Waals surface area (Å²) in [6, 6.07) is 33.0. The van der Waals surface area contributed by atoms with Crippen LogP contribution in [-0.4, -0.2) is 32.6 Å². The van der Waals surface area contributed by atoms with Crippen molar-refractivity contribution in [2.24, 2.45) is 5.10 Å². The number of carbonyl (C=O) groups excluding carboxylic acids is 1. The number of thioether (sulfide) groups is 1. The van der Waals surface area contributed by atoms with Crippen molar-refractivity contribution in [3.05, 3.63) is 125 Å². The Morgan fingerprint density at radius 2 is 1.68 bits per heavy atom. The number of amides is 1. The van der Waals surface area contributed by atoms with Crippen LogP contribution in [0.15, 0.2) is 113 Å². The summed E-state index contributed by atoms with van der Waals surface area (Å²) in [5.74, 6) is 1.29. The molecular weight excluding hydrogens is 542 g/mol. The van der Waals surface area contributed by atoms with Gasteiger partial charge in [0, 0.05) is 16.3 Å². The molecule has 1 N–H and O–H groups in total. The fraction of sp³-hybridized carbons (Fsp3) is 0.0968. The van der Waals surface area contributed by atoms with Gasteiger partial charge in [0.25, 0.3) is 5.91 Å². The fourth-order valence-corrected chi connectivity index (χ4v) is 4.68. The molecule has 0 fully saturated rings. The zero-order valence-electron chi connectivity index (χ0n) is 21.7. The molecule has 0 aliphatic carbocycles. The first-order valence-corrected chi connectivity index (χ1v) is 13.9. The van der Waals surface area contributed by atoms with Crippen molar-refractivity contribution in [3.63, 3.8) is 0 Å². The second-order valence-electron chi connectivity index (χ2n) is 8.91. The molecule has 1 aromatic heterocycles. The Bertz CT molecular complexity index is 1590. The second kappa shape index (κ2) is 13.1. The molecule has 4 aromatic carbocycles. The normalized spacial score (nSPS) is 11.1. The predicted octanol–water partition coefficient (Wildman–Crippen LogP) is 6.72. The lowest BCUT2D eigenvalue weighted by Gasteiger charge is -2.10. The predicted molar refractivity (Wildman–Crippen MR) is 160 cm³/mol. The third kappa shape index (κ3) is 7.16. The SMILES string of the molecule is Cc1ccc(-n2c(SCC(=O)NN=Cc3ccc(OCc4ccccc4)cc3)nnc2-c2ccc(Cl)cc2)cc1. The molecule has 0 aliphatic rings. The maximum Gasteiger partial charge on any atom is 0.250 e. The van der Waals surface area contributed by atoms with E-state index in [0.717, 1.165) is 33.7 Å². The molecule has 0 unspecified atom stereocenters. The lowest BCUT2D eigenvalue weighted by Crippen LogP contribution is -2.20. The third-order valence-electron chi connectivity index (χ3n) is 5.89. The minimum absolute atomic E-state index is 0.119. The van der Waals surface area contributed by atoms with Crippen LogP contribution in [0.1, 0.15) is 16.7 Å². The van der Waals surface area contributed by atoms with Crippen LogP contribution in [0.4, 0.5) is 0 Å². The zero-order chi connectivity index (χ0) is 27.7.